The van der Waals surface area contributed by atoms with Crippen LogP contribution >= 0.6 is 0 Å². The van der Waals surface area contributed by atoms with E-state index in [4.69, 9.17) is 0 Å². The topological polar surface area (TPSA) is 18.5 Å². The quantitative estimate of drug-likeness (QED) is 0.899. The summed E-state index contributed by atoms with van der Waals surface area (Å²) in [5.41, 5.74) is 4.19. The molecule has 118 valence electrons. The first-order valence-electron chi connectivity index (χ1n) is 8.22. The summed E-state index contributed by atoms with van der Waals surface area (Å²) in [6.45, 7) is 14.8. The molecule has 1 saturated heterocycles. The van der Waals surface area contributed by atoms with Crippen LogP contribution < -0.4 is 5.32 Å². The Bertz CT molecular complexity index is 448. The standard InChI is InChI=1S/C18H31N3/c1-14(2)21-10-8-20(9-11-21)13-18(19-5)17-12-15(3)6-7-16(17)4/h6-7,12,14,18-19H,8-11,13H2,1-5H3. The molecule has 1 heterocycles. The molecule has 3 heteroatoms. The summed E-state index contributed by atoms with van der Waals surface area (Å²) in [5.74, 6) is 0. The number of aryl methyl sites for hydroxylation is 2. The van der Waals surface area contributed by atoms with Gasteiger partial charge in [0.1, 0.15) is 0 Å². The number of benzene rings is 1. The molecule has 0 aromatic heterocycles. The molecule has 0 amide bonds. The molecule has 0 aliphatic carbocycles. The predicted molar refractivity (Wildman–Crippen MR) is 90.9 cm³/mol. The molecule has 3 nitrogen and oxygen atoms in total. The maximum atomic E-state index is 3.51. The molecule has 1 fully saturated rings. The van der Waals surface area contributed by atoms with E-state index in [0.717, 1.165) is 6.54 Å². The van der Waals surface area contributed by atoms with Crippen LogP contribution in [-0.2, 0) is 0 Å². The van der Waals surface area contributed by atoms with Gasteiger partial charge < -0.3 is 5.32 Å². The highest BCUT2D eigenvalue weighted by atomic mass is 15.3. The highest BCUT2D eigenvalue weighted by molar-refractivity contribution is 5.33. The Hall–Kier alpha value is -0.900. The molecule has 1 aromatic carbocycles. The summed E-state index contributed by atoms with van der Waals surface area (Å²) in [6.07, 6.45) is 0. The van der Waals surface area contributed by atoms with Gasteiger partial charge in [0.15, 0.2) is 0 Å². The maximum absolute atomic E-state index is 3.51. The van der Waals surface area contributed by atoms with Crippen LogP contribution in [0.1, 0.15) is 36.6 Å². The van der Waals surface area contributed by atoms with Crippen LogP contribution in [0.5, 0.6) is 0 Å². The van der Waals surface area contributed by atoms with Crippen molar-refractivity contribution in [1.29, 1.82) is 0 Å². The van der Waals surface area contributed by atoms with Crippen LogP contribution in [0.25, 0.3) is 0 Å². The highest BCUT2D eigenvalue weighted by Gasteiger charge is 2.22. The molecule has 1 aliphatic heterocycles. The van der Waals surface area contributed by atoms with Crippen LogP contribution in [-0.4, -0.2) is 55.6 Å². The lowest BCUT2D eigenvalue weighted by molar-refractivity contribution is 0.102. The predicted octanol–water partition coefficient (Wildman–Crippen LogP) is 2.59. The monoisotopic (exact) mass is 289 g/mol. The van der Waals surface area contributed by atoms with E-state index in [2.05, 4.69) is 68.1 Å². The van der Waals surface area contributed by atoms with Gasteiger partial charge in [-0.25, -0.2) is 0 Å². The molecular weight excluding hydrogens is 258 g/mol. The summed E-state index contributed by atoms with van der Waals surface area (Å²) >= 11 is 0. The molecule has 0 radical (unpaired) electrons. The third-order valence-corrected chi connectivity index (χ3v) is 4.74. The van der Waals surface area contributed by atoms with Crippen molar-refractivity contribution in [2.45, 2.75) is 39.8 Å². The van der Waals surface area contributed by atoms with Crippen molar-refractivity contribution in [3.05, 3.63) is 34.9 Å². The van der Waals surface area contributed by atoms with Gasteiger partial charge in [-0.1, -0.05) is 23.8 Å². The Morgan fingerprint density at radius 2 is 1.76 bits per heavy atom. The third-order valence-electron chi connectivity index (χ3n) is 4.74. The first-order valence-corrected chi connectivity index (χ1v) is 8.22. The van der Waals surface area contributed by atoms with Gasteiger partial charge in [-0.15, -0.1) is 0 Å². The number of nitrogens with zero attached hydrogens (tertiary/aromatic N) is 2. The molecular formula is C18H31N3. The SMILES string of the molecule is CNC(CN1CCN(C(C)C)CC1)c1cc(C)ccc1C. The largest absolute Gasteiger partial charge is 0.312 e. The zero-order chi connectivity index (χ0) is 15.4. The second kappa shape index (κ2) is 7.39. The minimum absolute atomic E-state index is 0.426. The lowest BCUT2D eigenvalue weighted by atomic mass is 9.98. The van der Waals surface area contributed by atoms with E-state index >= 15 is 0 Å². The van der Waals surface area contributed by atoms with E-state index in [1.54, 1.807) is 0 Å². The Morgan fingerprint density at radius 3 is 2.33 bits per heavy atom. The van der Waals surface area contributed by atoms with Gasteiger partial charge in [-0.2, -0.15) is 0 Å². The summed E-state index contributed by atoms with van der Waals surface area (Å²) in [4.78, 5) is 5.17. The fourth-order valence-electron chi connectivity index (χ4n) is 3.20. The number of rotatable bonds is 5. The minimum Gasteiger partial charge on any atom is -0.312 e. The lowest BCUT2D eigenvalue weighted by Crippen LogP contribution is -2.50. The molecule has 1 unspecified atom stereocenters. The average molecular weight is 289 g/mol. The van der Waals surface area contributed by atoms with Gasteiger partial charge in [0.05, 0.1) is 0 Å². The number of hydrogen-bond donors (Lipinski definition) is 1. The molecule has 0 bridgehead atoms. The second-order valence-corrected chi connectivity index (χ2v) is 6.63. The molecule has 1 atom stereocenters. The molecule has 2 rings (SSSR count). The Labute approximate surface area is 130 Å². The van der Waals surface area contributed by atoms with E-state index in [9.17, 15) is 0 Å². The van der Waals surface area contributed by atoms with Crippen molar-refractivity contribution in [2.24, 2.45) is 0 Å². The van der Waals surface area contributed by atoms with Crippen LogP contribution in [0, 0.1) is 13.8 Å². The number of likely N-dealkylation sites (N-methyl/N-ethyl adjacent to an activating group) is 1. The van der Waals surface area contributed by atoms with E-state index in [-0.39, 0.29) is 0 Å². The highest BCUT2D eigenvalue weighted by Crippen LogP contribution is 2.21. The van der Waals surface area contributed by atoms with Crippen molar-refractivity contribution in [2.75, 3.05) is 39.8 Å². The molecule has 1 aliphatic rings. The number of nitrogens with one attached hydrogen (secondary N) is 1. The Morgan fingerprint density at radius 1 is 1.10 bits per heavy atom. The third kappa shape index (κ3) is 4.29. The van der Waals surface area contributed by atoms with E-state index in [0.29, 0.717) is 12.1 Å². The maximum Gasteiger partial charge on any atom is 0.0449 e. The van der Waals surface area contributed by atoms with E-state index < -0.39 is 0 Å². The minimum atomic E-state index is 0.426. The van der Waals surface area contributed by atoms with Crippen LogP contribution in [0.3, 0.4) is 0 Å². The van der Waals surface area contributed by atoms with Crippen LogP contribution in [0.2, 0.25) is 0 Å². The lowest BCUT2D eigenvalue weighted by Gasteiger charge is -2.38. The zero-order valence-electron chi connectivity index (χ0n) is 14.3. The fraction of sp³-hybridized carbons (Fsp3) is 0.667. The molecule has 1 aromatic rings. The van der Waals surface area contributed by atoms with Crippen molar-refractivity contribution in [1.82, 2.24) is 15.1 Å². The normalized spacial score (nSPS) is 19.1. The van der Waals surface area contributed by atoms with Gasteiger partial charge in [-0.05, 0) is 45.9 Å². The number of hydrogen-bond acceptors (Lipinski definition) is 3. The summed E-state index contributed by atoms with van der Waals surface area (Å²) in [6, 6.07) is 7.88. The van der Waals surface area contributed by atoms with Gasteiger partial charge in [0, 0.05) is 44.8 Å². The first-order chi connectivity index (χ1) is 10.0. The van der Waals surface area contributed by atoms with Gasteiger partial charge >= 0.3 is 0 Å². The molecule has 0 spiro atoms. The summed E-state index contributed by atoms with van der Waals surface area (Å²) in [7, 11) is 2.08. The smallest absolute Gasteiger partial charge is 0.0449 e. The molecule has 0 saturated carbocycles. The average Bonchev–Trinajstić information content (AvgIpc) is 2.48. The zero-order valence-corrected chi connectivity index (χ0v) is 14.3. The Balaban J connectivity index is 1.99. The van der Waals surface area contributed by atoms with Gasteiger partial charge in [-0.3, -0.25) is 9.80 Å². The van der Waals surface area contributed by atoms with Crippen molar-refractivity contribution < 1.29 is 0 Å². The summed E-state index contributed by atoms with van der Waals surface area (Å²) in [5, 5.41) is 3.51. The summed E-state index contributed by atoms with van der Waals surface area (Å²) < 4.78 is 0. The van der Waals surface area contributed by atoms with Crippen molar-refractivity contribution in [3.63, 3.8) is 0 Å². The van der Waals surface area contributed by atoms with E-state index in [1.165, 1.54) is 42.9 Å². The number of piperazine rings is 1. The van der Waals surface area contributed by atoms with Crippen molar-refractivity contribution in [3.8, 4) is 0 Å². The van der Waals surface area contributed by atoms with Gasteiger partial charge in [0.2, 0.25) is 0 Å². The fourth-order valence-corrected chi connectivity index (χ4v) is 3.20. The van der Waals surface area contributed by atoms with Crippen LogP contribution in [0.15, 0.2) is 18.2 Å². The Kier molecular flexibility index (Phi) is 5.80. The van der Waals surface area contributed by atoms with Crippen molar-refractivity contribution >= 4 is 0 Å². The molecule has 1 N–H and O–H groups in total. The van der Waals surface area contributed by atoms with E-state index in [1.807, 2.05) is 0 Å². The first kappa shape index (κ1) is 16.5. The van der Waals surface area contributed by atoms with Crippen LogP contribution in [0.4, 0.5) is 0 Å². The van der Waals surface area contributed by atoms with Gasteiger partial charge in [0.25, 0.3) is 0 Å². The molecule has 21 heavy (non-hydrogen) atoms. The second-order valence-electron chi connectivity index (χ2n) is 6.63.